The number of nitrogens with one attached hydrogen (secondary N) is 3. The number of carbonyl (C=O) groups excluding carboxylic acids is 5. The number of hydrogen-bond acceptors (Lipinski definition) is 9. The maximum atomic E-state index is 13.4. The zero-order valence-corrected chi connectivity index (χ0v) is 33.6. The molecule has 2 saturated carbocycles. The van der Waals surface area contributed by atoms with Gasteiger partial charge in [-0.25, -0.2) is 10.4 Å². The van der Waals surface area contributed by atoms with Crippen LogP contribution in [0.3, 0.4) is 0 Å². The second-order valence-corrected chi connectivity index (χ2v) is 15.5. The van der Waals surface area contributed by atoms with Crippen LogP contribution in [0.15, 0.2) is 22.8 Å². The molecule has 15 heteroatoms. The lowest BCUT2D eigenvalue weighted by atomic mass is 9.91. The SMILES string of the molecule is C1CCNNC1.CN(C=O)C[C@@H](CC1CCCC1)C(=O)N1CCCCN1.CN(C=O)C[C@@H](CC1CCCC1)C(=O)N1CCCCN1C(=O)c1ccco1.Cl. The van der Waals surface area contributed by atoms with Crippen LogP contribution in [0.5, 0.6) is 0 Å². The summed E-state index contributed by atoms with van der Waals surface area (Å²) in [5, 5.41) is 4.89. The molecule has 14 nitrogen and oxygen atoms in total. The van der Waals surface area contributed by atoms with E-state index in [2.05, 4.69) is 16.3 Å². The number of furan rings is 1. The van der Waals surface area contributed by atoms with Crippen molar-refractivity contribution >= 4 is 42.9 Å². The zero-order chi connectivity index (χ0) is 37.8. The largest absolute Gasteiger partial charge is 0.459 e. The summed E-state index contributed by atoms with van der Waals surface area (Å²) >= 11 is 0. The van der Waals surface area contributed by atoms with E-state index in [9.17, 15) is 24.0 Å². The summed E-state index contributed by atoms with van der Waals surface area (Å²) in [7, 11) is 3.45. The molecule has 3 aliphatic heterocycles. The molecule has 4 heterocycles. The molecule has 2 atom stereocenters. The van der Waals surface area contributed by atoms with E-state index in [4.69, 9.17) is 4.42 Å². The fourth-order valence-electron chi connectivity index (χ4n) is 8.23. The minimum Gasteiger partial charge on any atom is -0.459 e. The summed E-state index contributed by atoms with van der Waals surface area (Å²) in [4.78, 5) is 63.9. The summed E-state index contributed by atoms with van der Waals surface area (Å²) in [5.74, 6) is 0.919. The van der Waals surface area contributed by atoms with E-state index in [-0.39, 0.29) is 47.7 Å². The smallest absolute Gasteiger partial charge is 0.308 e. The van der Waals surface area contributed by atoms with Gasteiger partial charge in [0.05, 0.1) is 18.1 Å². The first kappa shape index (κ1) is 45.2. The van der Waals surface area contributed by atoms with Crippen molar-refractivity contribution in [1.29, 1.82) is 0 Å². The fourth-order valence-corrected chi connectivity index (χ4v) is 8.23. The Morgan fingerprint density at radius 1 is 0.722 bits per heavy atom. The van der Waals surface area contributed by atoms with Gasteiger partial charge in [-0.2, -0.15) is 0 Å². The Balaban J connectivity index is 0.000000254. The van der Waals surface area contributed by atoms with Gasteiger partial charge in [-0.15, -0.1) is 12.4 Å². The van der Waals surface area contributed by atoms with Crippen LogP contribution < -0.4 is 16.3 Å². The maximum Gasteiger partial charge on any atom is 0.308 e. The third-order valence-electron chi connectivity index (χ3n) is 11.1. The number of carbonyl (C=O) groups is 5. The normalized spacial score (nSPS) is 20.3. The van der Waals surface area contributed by atoms with Crippen LogP contribution in [0.25, 0.3) is 0 Å². The van der Waals surface area contributed by atoms with Crippen molar-refractivity contribution in [2.24, 2.45) is 23.7 Å². The van der Waals surface area contributed by atoms with Crippen LogP contribution in [0.1, 0.15) is 113 Å². The molecule has 306 valence electrons. The van der Waals surface area contributed by atoms with Crippen LogP contribution in [-0.2, 0) is 19.2 Å². The van der Waals surface area contributed by atoms with Gasteiger partial charge >= 0.3 is 5.91 Å². The van der Waals surface area contributed by atoms with Crippen LogP contribution in [0.4, 0.5) is 0 Å². The lowest BCUT2D eigenvalue weighted by Gasteiger charge is -2.40. The molecular formula is C39H67ClN8O6. The van der Waals surface area contributed by atoms with E-state index in [1.165, 1.54) is 67.5 Å². The zero-order valence-electron chi connectivity index (χ0n) is 32.8. The molecule has 54 heavy (non-hydrogen) atoms. The van der Waals surface area contributed by atoms with E-state index >= 15 is 0 Å². The Labute approximate surface area is 328 Å². The fraction of sp³-hybridized carbons (Fsp3) is 0.769. The van der Waals surface area contributed by atoms with Gasteiger partial charge in [-0.3, -0.25) is 44.8 Å². The highest BCUT2D eigenvalue weighted by atomic mass is 35.5. The number of nitrogens with zero attached hydrogens (tertiary/aromatic N) is 5. The summed E-state index contributed by atoms with van der Waals surface area (Å²) in [6.07, 6.45) is 21.1. The van der Waals surface area contributed by atoms with Crippen molar-refractivity contribution < 1.29 is 28.4 Å². The van der Waals surface area contributed by atoms with E-state index in [1.54, 1.807) is 41.1 Å². The number of halogens is 1. The Hall–Kier alpha value is -3.20. The highest BCUT2D eigenvalue weighted by molar-refractivity contribution is 5.93. The van der Waals surface area contributed by atoms with Gasteiger partial charge in [-0.05, 0) is 75.3 Å². The molecule has 0 radical (unpaired) electrons. The van der Waals surface area contributed by atoms with Crippen LogP contribution in [-0.4, -0.2) is 122 Å². The third kappa shape index (κ3) is 14.8. The van der Waals surface area contributed by atoms with Gasteiger partial charge in [0.15, 0.2) is 5.76 Å². The average molecular weight is 779 g/mol. The van der Waals surface area contributed by atoms with E-state index in [1.807, 2.05) is 0 Å². The molecule has 1 aromatic heterocycles. The molecule has 0 aromatic carbocycles. The molecule has 6 rings (SSSR count). The van der Waals surface area contributed by atoms with Crippen molar-refractivity contribution in [3.8, 4) is 0 Å². The third-order valence-corrected chi connectivity index (χ3v) is 11.1. The number of hydrazine groups is 3. The number of rotatable bonds is 13. The lowest BCUT2D eigenvalue weighted by molar-refractivity contribution is -0.154. The molecule has 0 bridgehead atoms. The summed E-state index contributed by atoms with van der Waals surface area (Å²) in [6, 6.07) is 3.29. The molecule has 0 unspecified atom stereocenters. The molecule has 3 N–H and O–H groups in total. The molecule has 1 aromatic rings. The molecule has 2 aliphatic carbocycles. The first-order valence-electron chi connectivity index (χ1n) is 20.3. The Bertz CT molecular complexity index is 1220. The number of amides is 5. The average Bonchev–Trinajstić information content (AvgIpc) is 4.04. The monoisotopic (exact) mass is 778 g/mol. The second kappa shape index (κ2) is 25.1. The first-order valence-corrected chi connectivity index (χ1v) is 20.3. The molecule has 0 spiro atoms. The van der Waals surface area contributed by atoms with Gasteiger partial charge < -0.3 is 14.2 Å². The lowest BCUT2D eigenvalue weighted by Crippen LogP contribution is -2.55. The summed E-state index contributed by atoms with van der Waals surface area (Å²) in [5.41, 5.74) is 9.26. The van der Waals surface area contributed by atoms with Crippen molar-refractivity contribution in [3.05, 3.63) is 24.2 Å². The Morgan fingerprint density at radius 3 is 1.67 bits per heavy atom. The van der Waals surface area contributed by atoms with E-state index in [0.29, 0.717) is 38.0 Å². The van der Waals surface area contributed by atoms with Gasteiger partial charge in [0.2, 0.25) is 24.6 Å². The van der Waals surface area contributed by atoms with Crippen molar-refractivity contribution in [3.63, 3.8) is 0 Å². The minimum atomic E-state index is -0.284. The summed E-state index contributed by atoms with van der Waals surface area (Å²) in [6.45, 7) is 5.91. The van der Waals surface area contributed by atoms with Crippen LogP contribution in [0.2, 0.25) is 0 Å². The van der Waals surface area contributed by atoms with Crippen molar-refractivity contribution in [2.75, 3.05) is 66.5 Å². The first-order chi connectivity index (χ1) is 25.8. The predicted molar refractivity (Wildman–Crippen MR) is 210 cm³/mol. The molecule has 5 aliphatic rings. The topological polar surface area (TPSA) is 151 Å². The predicted octanol–water partition coefficient (Wildman–Crippen LogP) is 4.24. The van der Waals surface area contributed by atoms with Crippen LogP contribution in [0, 0.1) is 23.7 Å². The number of hydrogen-bond donors (Lipinski definition) is 3. The van der Waals surface area contributed by atoms with Gasteiger partial charge in [-0.1, -0.05) is 51.4 Å². The standard InChI is InChI=1S/C20H29N3O4.C15H27N3O2.C4H10N2.ClH/c1-21(15-24)14-17(13-16-7-2-3-8-16)19(25)22-10-4-5-11-23(22)20(26)18-9-6-12-27-18;1-17(12-19)11-14(10-13-6-2-3-7-13)15(20)18-9-5-4-8-16-18;1-2-4-6-5-3-1;/h6,9,12,15-17H,2-5,7-8,10-11,13-14H2,1H3;12-14,16H,2-11H2,1H3;5-6H,1-4H2;1H/t17-;14-;;/m11../s1. The molecule has 5 fully saturated rings. The minimum absolute atomic E-state index is 0. The molecular weight excluding hydrogens is 712 g/mol. The van der Waals surface area contributed by atoms with Gasteiger partial charge in [0.1, 0.15) is 0 Å². The van der Waals surface area contributed by atoms with Crippen molar-refractivity contribution in [2.45, 2.75) is 103 Å². The second-order valence-electron chi connectivity index (χ2n) is 15.5. The van der Waals surface area contributed by atoms with E-state index < -0.39 is 0 Å². The van der Waals surface area contributed by atoms with Crippen molar-refractivity contribution in [1.82, 2.24) is 41.1 Å². The van der Waals surface area contributed by atoms with Gasteiger partial charge in [0, 0.05) is 66.5 Å². The Morgan fingerprint density at radius 2 is 1.22 bits per heavy atom. The van der Waals surface area contributed by atoms with Gasteiger partial charge in [0.25, 0.3) is 0 Å². The quantitative estimate of drug-likeness (QED) is 0.250. The molecule has 5 amide bonds. The highest BCUT2D eigenvalue weighted by Gasteiger charge is 2.36. The van der Waals surface area contributed by atoms with Crippen LogP contribution >= 0.6 is 12.4 Å². The Kier molecular flexibility index (Phi) is 21.0. The molecule has 3 saturated heterocycles. The highest BCUT2D eigenvalue weighted by Crippen LogP contribution is 2.33. The maximum absolute atomic E-state index is 13.4. The van der Waals surface area contributed by atoms with E-state index in [0.717, 1.165) is 90.4 Å². The summed E-state index contributed by atoms with van der Waals surface area (Å²) < 4.78 is 5.24.